The van der Waals surface area contributed by atoms with Crippen molar-refractivity contribution < 1.29 is 4.74 Å². The number of nitrogens with one attached hydrogen (secondary N) is 2. The van der Waals surface area contributed by atoms with Gasteiger partial charge in [0.1, 0.15) is 0 Å². The second-order valence-corrected chi connectivity index (χ2v) is 4.59. The van der Waals surface area contributed by atoms with Crippen LogP contribution in [-0.2, 0) is 11.2 Å². The molecule has 0 amide bonds. The van der Waals surface area contributed by atoms with Crippen LogP contribution in [0.3, 0.4) is 0 Å². The predicted octanol–water partition coefficient (Wildman–Crippen LogP) is 1.45. The Kier molecular flexibility index (Phi) is 3.96. The summed E-state index contributed by atoms with van der Waals surface area (Å²) >= 11 is 0. The van der Waals surface area contributed by atoms with Crippen LogP contribution in [0.5, 0.6) is 0 Å². The Bertz CT molecular complexity index is 318. The van der Waals surface area contributed by atoms with Crippen LogP contribution in [0.15, 0.2) is 6.20 Å². The molecule has 1 saturated heterocycles. The van der Waals surface area contributed by atoms with Crippen molar-refractivity contribution in [1.29, 1.82) is 0 Å². The lowest BCUT2D eigenvalue weighted by atomic mass is 9.92. The summed E-state index contributed by atoms with van der Waals surface area (Å²) in [4.78, 5) is 0. The van der Waals surface area contributed by atoms with Crippen molar-refractivity contribution in [2.45, 2.75) is 38.1 Å². The number of likely N-dealkylation sites (N-methyl/N-ethyl adjacent to an activating group) is 1. The van der Waals surface area contributed by atoms with Gasteiger partial charge in [-0.05, 0) is 38.8 Å². The Morgan fingerprint density at radius 3 is 3.00 bits per heavy atom. The molecule has 1 unspecified atom stereocenters. The predicted molar refractivity (Wildman–Crippen MR) is 63.6 cm³/mol. The summed E-state index contributed by atoms with van der Waals surface area (Å²) < 4.78 is 5.39. The third-order valence-electron chi connectivity index (χ3n) is 3.40. The van der Waals surface area contributed by atoms with Crippen molar-refractivity contribution in [3.8, 4) is 0 Å². The lowest BCUT2D eigenvalue weighted by molar-refractivity contribution is 0.0843. The number of nitrogens with zero attached hydrogens (tertiary/aromatic N) is 1. The molecule has 0 bridgehead atoms. The Hall–Kier alpha value is -0.870. The molecule has 0 saturated carbocycles. The van der Waals surface area contributed by atoms with Crippen LogP contribution in [0.25, 0.3) is 0 Å². The molecule has 4 heteroatoms. The van der Waals surface area contributed by atoms with Gasteiger partial charge in [0.25, 0.3) is 0 Å². The first kappa shape index (κ1) is 11.6. The van der Waals surface area contributed by atoms with Gasteiger partial charge in [0.15, 0.2) is 0 Å². The molecular formula is C12H21N3O. The Morgan fingerprint density at radius 2 is 2.31 bits per heavy atom. The number of rotatable bonds is 4. The zero-order chi connectivity index (χ0) is 11.4. The number of H-pyrrole nitrogens is 1. The SMILES string of the molecule is CNC(C)Cc1cn[nH]c1C1CCOCC1. The molecular weight excluding hydrogens is 202 g/mol. The number of hydrogen-bond acceptors (Lipinski definition) is 3. The van der Waals surface area contributed by atoms with Gasteiger partial charge >= 0.3 is 0 Å². The summed E-state index contributed by atoms with van der Waals surface area (Å²) in [6, 6.07) is 0.496. The van der Waals surface area contributed by atoms with Gasteiger partial charge in [0.05, 0.1) is 6.20 Å². The van der Waals surface area contributed by atoms with Gasteiger partial charge in [-0.2, -0.15) is 5.10 Å². The van der Waals surface area contributed by atoms with Gasteiger partial charge < -0.3 is 10.1 Å². The summed E-state index contributed by atoms with van der Waals surface area (Å²) in [7, 11) is 2.00. The van der Waals surface area contributed by atoms with Crippen molar-refractivity contribution in [3.05, 3.63) is 17.5 Å². The van der Waals surface area contributed by atoms with E-state index in [0.29, 0.717) is 12.0 Å². The topological polar surface area (TPSA) is 49.9 Å². The molecule has 16 heavy (non-hydrogen) atoms. The van der Waals surface area contributed by atoms with E-state index in [1.165, 1.54) is 11.3 Å². The lowest BCUT2D eigenvalue weighted by Crippen LogP contribution is -2.24. The first-order chi connectivity index (χ1) is 7.81. The van der Waals surface area contributed by atoms with E-state index in [-0.39, 0.29) is 0 Å². The second-order valence-electron chi connectivity index (χ2n) is 4.59. The van der Waals surface area contributed by atoms with Crippen LogP contribution in [0.2, 0.25) is 0 Å². The van der Waals surface area contributed by atoms with Crippen LogP contribution < -0.4 is 5.32 Å². The van der Waals surface area contributed by atoms with Crippen LogP contribution >= 0.6 is 0 Å². The van der Waals surface area contributed by atoms with Crippen molar-refractivity contribution in [2.75, 3.05) is 20.3 Å². The first-order valence-electron chi connectivity index (χ1n) is 6.08. The standard InChI is InChI=1S/C12H21N3O/c1-9(13-2)7-11-8-14-15-12(11)10-3-5-16-6-4-10/h8-10,13H,3-7H2,1-2H3,(H,14,15). The molecule has 2 N–H and O–H groups in total. The van der Waals surface area contributed by atoms with Gasteiger partial charge in [0.2, 0.25) is 0 Å². The first-order valence-corrected chi connectivity index (χ1v) is 6.08. The lowest BCUT2D eigenvalue weighted by Gasteiger charge is -2.22. The molecule has 2 heterocycles. The maximum Gasteiger partial charge on any atom is 0.0522 e. The quantitative estimate of drug-likeness (QED) is 0.812. The summed E-state index contributed by atoms with van der Waals surface area (Å²) in [6.45, 7) is 3.95. The van der Waals surface area contributed by atoms with E-state index >= 15 is 0 Å². The monoisotopic (exact) mass is 223 g/mol. The third kappa shape index (κ3) is 2.62. The summed E-state index contributed by atoms with van der Waals surface area (Å²) in [5.74, 6) is 0.607. The fourth-order valence-electron chi connectivity index (χ4n) is 2.26. The number of aromatic amines is 1. The van der Waals surface area contributed by atoms with Gasteiger partial charge in [0, 0.05) is 30.9 Å². The van der Waals surface area contributed by atoms with E-state index in [1.54, 1.807) is 0 Å². The Balaban J connectivity index is 2.05. The zero-order valence-electron chi connectivity index (χ0n) is 10.1. The van der Waals surface area contributed by atoms with Gasteiger partial charge in [-0.25, -0.2) is 0 Å². The normalized spacial score (nSPS) is 19.9. The van der Waals surface area contributed by atoms with E-state index in [4.69, 9.17) is 4.74 Å². The summed E-state index contributed by atoms with van der Waals surface area (Å²) in [5.41, 5.74) is 2.68. The van der Waals surface area contributed by atoms with Gasteiger partial charge in [-0.1, -0.05) is 0 Å². The highest BCUT2D eigenvalue weighted by molar-refractivity contribution is 5.22. The molecule has 1 aromatic rings. The fourth-order valence-corrected chi connectivity index (χ4v) is 2.26. The highest BCUT2D eigenvalue weighted by atomic mass is 16.5. The molecule has 4 nitrogen and oxygen atoms in total. The molecule has 0 aliphatic carbocycles. The fraction of sp³-hybridized carbons (Fsp3) is 0.750. The minimum absolute atomic E-state index is 0.496. The van der Waals surface area contributed by atoms with Crippen LogP contribution in [-0.4, -0.2) is 36.5 Å². The van der Waals surface area contributed by atoms with E-state index in [2.05, 4.69) is 22.4 Å². The van der Waals surface area contributed by atoms with Crippen molar-refractivity contribution in [1.82, 2.24) is 15.5 Å². The van der Waals surface area contributed by atoms with Crippen LogP contribution in [0.4, 0.5) is 0 Å². The molecule has 1 aliphatic heterocycles. The maximum atomic E-state index is 5.39. The third-order valence-corrected chi connectivity index (χ3v) is 3.40. The minimum atomic E-state index is 0.496. The molecule has 0 radical (unpaired) electrons. The molecule has 1 aromatic heterocycles. The Morgan fingerprint density at radius 1 is 1.56 bits per heavy atom. The summed E-state index contributed by atoms with van der Waals surface area (Å²) in [6.07, 6.45) is 5.24. The number of hydrogen-bond donors (Lipinski definition) is 2. The van der Waals surface area contributed by atoms with Crippen molar-refractivity contribution >= 4 is 0 Å². The molecule has 1 fully saturated rings. The molecule has 90 valence electrons. The van der Waals surface area contributed by atoms with Crippen molar-refractivity contribution in [3.63, 3.8) is 0 Å². The van der Waals surface area contributed by atoms with E-state index < -0.39 is 0 Å². The molecule has 0 aromatic carbocycles. The molecule has 1 atom stereocenters. The summed E-state index contributed by atoms with van der Waals surface area (Å²) in [5, 5.41) is 10.6. The minimum Gasteiger partial charge on any atom is -0.381 e. The van der Waals surface area contributed by atoms with E-state index in [0.717, 1.165) is 32.5 Å². The van der Waals surface area contributed by atoms with E-state index in [9.17, 15) is 0 Å². The van der Waals surface area contributed by atoms with Gasteiger partial charge in [-0.3, -0.25) is 5.10 Å². The van der Waals surface area contributed by atoms with Crippen LogP contribution in [0, 0.1) is 0 Å². The number of ether oxygens (including phenoxy) is 1. The second kappa shape index (κ2) is 5.46. The Labute approximate surface area is 96.8 Å². The zero-order valence-corrected chi connectivity index (χ0v) is 10.1. The maximum absolute atomic E-state index is 5.39. The largest absolute Gasteiger partial charge is 0.381 e. The van der Waals surface area contributed by atoms with Crippen molar-refractivity contribution in [2.24, 2.45) is 0 Å². The highest BCUT2D eigenvalue weighted by Crippen LogP contribution is 2.28. The average Bonchev–Trinajstić information content (AvgIpc) is 2.78. The molecule has 2 rings (SSSR count). The van der Waals surface area contributed by atoms with Gasteiger partial charge in [-0.15, -0.1) is 0 Å². The smallest absolute Gasteiger partial charge is 0.0522 e. The number of aromatic nitrogens is 2. The molecule has 1 aliphatic rings. The molecule has 0 spiro atoms. The van der Waals surface area contributed by atoms with Crippen LogP contribution in [0.1, 0.15) is 36.9 Å². The van der Waals surface area contributed by atoms with E-state index in [1.807, 2.05) is 13.2 Å². The average molecular weight is 223 g/mol. The highest BCUT2D eigenvalue weighted by Gasteiger charge is 2.20.